The van der Waals surface area contributed by atoms with Crippen LogP contribution in [0, 0.1) is 5.92 Å². The number of hydrogen-bond donors (Lipinski definition) is 1. The summed E-state index contributed by atoms with van der Waals surface area (Å²) in [5.41, 5.74) is 0. The lowest BCUT2D eigenvalue weighted by molar-refractivity contribution is -0.131. The maximum Gasteiger partial charge on any atom is 0.223 e. The molecule has 2 amide bonds. The fourth-order valence-electron chi connectivity index (χ4n) is 3.64. The molecule has 7 nitrogen and oxygen atoms in total. The Morgan fingerprint density at radius 3 is 2.75 bits per heavy atom. The van der Waals surface area contributed by atoms with Crippen molar-refractivity contribution < 1.29 is 9.59 Å². The van der Waals surface area contributed by atoms with Crippen molar-refractivity contribution in [1.82, 2.24) is 25.0 Å². The number of amides is 2. The second-order valence-corrected chi connectivity index (χ2v) is 8.75. The molecule has 0 saturated heterocycles. The smallest absolute Gasteiger partial charge is 0.223 e. The van der Waals surface area contributed by atoms with E-state index in [-0.39, 0.29) is 17.9 Å². The van der Waals surface area contributed by atoms with Crippen molar-refractivity contribution >= 4 is 23.2 Å². The van der Waals surface area contributed by atoms with Crippen molar-refractivity contribution in [2.24, 2.45) is 5.92 Å². The molecule has 8 heteroatoms. The number of aromatic nitrogens is 3. The molecule has 0 bridgehead atoms. The predicted molar refractivity (Wildman–Crippen MR) is 109 cm³/mol. The Kier molecular flexibility index (Phi) is 6.83. The largest absolute Gasteiger partial charge is 0.346 e. The van der Waals surface area contributed by atoms with Gasteiger partial charge in [0.1, 0.15) is 5.82 Å². The number of nitrogens with one attached hydrogen (secondary N) is 1. The zero-order chi connectivity index (χ0) is 20.1. The monoisotopic (exact) mass is 403 g/mol. The molecule has 0 aromatic carbocycles. The van der Waals surface area contributed by atoms with E-state index in [1.165, 1.54) is 11.8 Å². The number of rotatable bonds is 7. The maximum absolute atomic E-state index is 12.7. The summed E-state index contributed by atoms with van der Waals surface area (Å²) in [5.74, 6) is 2.23. The van der Waals surface area contributed by atoms with E-state index >= 15 is 0 Å². The van der Waals surface area contributed by atoms with Crippen molar-refractivity contribution in [2.45, 2.75) is 59.0 Å². The van der Waals surface area contributed by atoms with Gasteiger partial charge < -0.3 is 14.8 Å². The van der Waals surface area contributed by atoms with Crippen LogP contribution in [0.2, 0.25) is 0 Å². The highest BCUT2D eigenvalue weighted by Gasteiger charge is 2.26. The van der Waals surface area contributed by atoms with Crippen LogP contribution in [0.1, 0.15) is 56.2 Å². The van der Waals surface area contributed by atoms with Gasteiger partial charge in [0, 0.05) is 44.3 Å². The van der Waals surface area contributed by atoms with Gasteiger partial charge >= 0.3 is 0 Å². The number of nitrogens with zero attached hydrogens (tertiary/aromatic N) is 4. The van der Waals surface area contributed by atoms with E-state index in [1.54, 1.807) is 11.3 Å². The second kappa shape index (κ2) is 9.32. The minimum absolute atomic E-state index is 0.0676. The second-order valence-electron chi connectivity index (χ2n) is 7.72. The fraction of sp³-hybridized carbons (Fsp3) is 0.600. The summed E-state index contributed by atoms with van der Waals surface area (Å²) < 4.78 is 2.09. The summed E-state index contributed by atoms with van der Waals surface area (Å²) in [6.07, 6.45) is 2.83. The Morgan fingerprint density at radius 2 is 2.07 bits per heavy atom. The van der Waals surface area contributed by atoms with E-state index in [4.69, 9.17) is 0 Å². The highest BCUT2D eigenvalue weighted by atomic mass is 32.1. The molecule has 1 atom stereocenters. The van der Waals surface area contributed by atoms with Crippen LogP contribution in [-0.4, -0.2) is 44.6 Å². The van der Waals surface area contributed by atoms with E-state index < -0.39 is 0 Å². The molecule has 0 radical (unpaired) electrons. The lowest BCUT2D eigenvalue weighted by Gasteiger charge is -2.22. The van der Waals surface area contributed by atoms with Gasteiger partial charge in [-0.05, 0) is 30.2 Å². The molecule has 2 aromatic heterocycles. The summed E-state index contributed by atoms with van der Waals surface area (Å²) in [7, 11) is 0. The van der Waals surface area contributed by atoms with Gasteiger partial charge in [0.2, 0.25) is 11.8 Å². The average Bonchev–Trinajstić information content (AvgIpc) is 3.24. The summed E-state index contributed by atoms with van der Waals surface area (Å²) >= 11 is 1.69. The summed E-state index contributed by atoms with van der Waals surface area (Å²) in [5, 5.41) is 13.8. The number of carbonyl (C=O) groups is 2. The van der Waals surface area contributed by atoms with Gasteiger partial charge in [-0.15, -0.1) is 21.5 Å². The van der Waals surface area contributed by atoms with Crippen LogP contribution >= 0.6 is 11.3 Å². The van der Waals surface area contributed by atoms with Gasteiger partial charge in [0.05, 0.1) is 6.04 Å². The van der Waals surface area contributed by atoms with E-state index in [9.17, 15) is 9.59 Å². The standard InChI is InChI=1S/C20H29N5O2S/c1-14(2)13-17(21-15(3)26)20-23-22-18-8-9-24(10-11-25(18)20)19(27)7-6-16-5-4-12-28-16/h4-5,12,14,17H,6-11,13H2,1-3H3,(H,21,26)/t17-/m0/s1. The van der Waals surface area contributed by atoms with Crippen molar-refractivity contribution in [3.05, 3.63) is 34.0 Å². The first-order valence-electron chi connectivity index (χ1n) is 9.93. The summed E-state index contributed by atoms with van der Waals surface area (Å²) in [6.45, 7) is 7.76. The van der Waals surface area contributed by atoms with E-state index in [0.29, 0.717) is 38.4 Å². The van der Waals surface area contributed by atoms with E-state index in [1.807, 2.05) is 16.3 Å². The number of aryl methyl sites for hydroxylation is 1. The molecule has 0 spiro atoms. The molecular formula is C20H29N5O2S. The lowest BCUT2D eigenvalue weighted by atomic mass is 10.0. The average molecular weight is 404 g/mol. The minimum Gasteiger partial charge on any atom is -0.346 e. The zero-order valence-electron chi connectivity index (χ0n) is 16.9. The number of thiophene rings is 1. The third-order valence-corrected chi connectivity index (χ3v) is 5.91. The number of hydrogen-bond acceptors (Lipinski definition) is 5. The van der Waals surface area contributed by atoms with E-state index in [0.717, 1.165) is 24.5 Å². The number of fused-ring (bicyclic) bond motifs is 1. The summed E-state index contributed by atoms with van der Waals surface area (Å²) in [4.78, 5) is 27.5. The van der Waals surface area contributed by atoms with Crippen LogP contribution in [-0.2, 0) is 29.0 Å². The van der Waals surface area contributed by atoms with Crippen molar-refractivity contribution in [2.75, 3.05) is 13.1 Å². The van der Waals surface area contributed by atoms with Crippen molar-refractivity contribution in [3.8, 4) is 0 Å². The first-order valence-corrected chi connectivity index (χ1v) is 10.8. The van der Waals surface area contributed by atoms with Gasteiger partial charge in [-0.1, -0.05) is 19.9 Å². The molecule has 0 saturated carbocycles. The zero-order valence-corrected chi connectivity index (χ0v) is 17.7. The third kappa shape index (κ3) is 5.19. The Hall–Kier alpha value is -2.22. The van der Waals surface area contributed by atoms with Gasteiger partial charge in [-0.2, -0.15) is 0 Å². The SMILES string of the molecule is CC(=O)N[C@@H](CC(C)C)c1nnc2n1CCN(C(=O)CCc1cccs1)CC2. The predicted octanol–water partition coefficient (Wildman–Crippen LogP) is 2.58. The van der Waals surface area contributed by atoms with Gasteiger partial charge in [0.25, 0.3) is 0 Å². The van der Waals surface area contributed by atoms with Crippen LogP contribution in [0.3, 0.4) is 0 Å². The van der Waals surface area contributed by atoms with Crippen molar-refractivity contribution in [1.29, 1.82) is 0 Å². The molecule has 1 N–H and O–H groups in total. The Morgan fingerprint density at radius 1 is 1.25 bits per heavy atom. The molecule has 0 fully saturated rings. The highest BCUT2D eigenvalue weighted by Crippen LogP contribution is 2.22. The van der Waals surface area contributed by atoms with Crippen molar-refractivity contribution in [3.63, 3.8) is 0 Å². The van der Waals surface area contributed by atoms with Crippen LogP contribution < -0.4 is 5.32 Å². The maximum atomic E-state index is 12.7. The molecule has 28 heavy (non-hydrogen) atoms. The lowest BCUT2D eigenvalue weighted by Crippen LogP contribution is -2.34. The van der Waals surface area contributed by atoms with Gasteiger partial charge in [-0.3, -0.25) is 9.59 Å². The van der Waals surface area contributed by atoms with Gasteiger partial charge in [-0.25, -0.2) is 0 Å². The quantitative estimate of drug-likeness (QED) is 0.771. The molecule has 3 heterocycles. The van der Waals surface area contributed by atoms with Crippen LogP contribution in [0.15, 0.2) is 17.5 Å². The first kappa shape index (κ1) is 20.5. The third-order valence-electron chi connectivity index (χ3n) is 4.97. The topological polar surface area (TPSA) is 80.1 Å². The van der Waals surface area contributed by atoms with E-state index in [2.05, 4.69) is 40.0 Å². The molecule has 3 rings (SSSR count). The van der Waals surface area contributed by atoms with Crippen LogP contribution in [0.25, 0.3) is 0 Å². The Labute approximate surface area is 170 Å². The van der Waals surface area contributed by atoms with Crippen LogP contribution in [0.4, 0.5) is 0 Å². The highest BCUT2D eigenvalue weighted by molar-refractivity contribution is 7.09. The van der Waals surface area contributed by atoms with Gasteiger partial charge in [0.15, 0.2) is 5.82 Å². The molecule has 1 aliphatic heterocycles. The minimum atomic E-state index is -0.153. The Bertz CT molecular complexity index is 800. The molecule has 152 valence electrons. The molecule has 2 aromatic rings. The molecule has 0 unspecified atom stereocenters. The van der Waals surface area contributed by atoms with Crippen LogP contribution in [0.5, 0.6) is 0 Å². The summed E-state index contributed by atoms with van der Waals surface area (Å²) in [6, 6.07) is 3.94. The Balaban J connectivity index is 1.66. The normalized spacial score (nSPS) is 15.2. The molecule has 0 aliphatic carbocycles. The molecular weight excluding hydrogens is 374 g/mol. The fourth-order valence-corrected chi connectivity index (χ4v) is 4.35. The molecule has 1 aliphatic rings. The first-order chi connectivity index (χ1) is 13.4. The number of carbonyl (C=O) groups excluding carboxylic acids is 2.